The van der Waals surface area contributed by atoms with Gasteiger partial charge in [-0.25, -0.2) is 4.39 Å². The molecule has 102 valence electrons. The van der Waals surface area contributed by atoms with E-state index < -0.39 is 6.10 Å². The molecule has 0 radical (unpaired) electrons. The van der Waals surface area contributed by atoms with Crippen LogP contribution in [0.2, 0.25) is 0 Å². The third-order valence-electron chi connectivity index (χ3n) is 3.40. The number of benzene rings is 1. The molecule has 1 rings (SSSR count). The molecule has 0 fully saturated rings. The van der Waals surface area contributed by atoms with Gasteiger partial charge in [-0.3, -0.25) is 0 Å². The molecule has 1 aromatic carbocycles. The van der Waals surface area contributed by atoms with Gasteiger partial charge >= 0.3 is 0 Å². The van der Waals surface area contributed by atoms with E-state index in [0.717, 1.165) is 19.5 Å². The van der Waals surface area contributed by atoms with Gasteiger partial charge in [0.15, 0.2) is 0 Å². The Morgan fingerprint density at radius 3 is 2.44 bits per heavy atom. The first kappa shape index (κ1) is 15.0. The summed E-state index contributed by atoms with van der Waals surface area (Å²) in [6.45, 7) is 9.54. The molecule has 1 aromatic rings. The first-order valence-corrected chi connectivity index (χ1v) is 6.72. The van der Waals surface area contributed by atoms with Crippen LogP contribution in [0, 0.1) is 11.7 Å². The van der Waals surface area contributed by atoms with Crippen molar-refractivity contribution in [1.82, 2.24) is 0 Å². The van der Waals surface area contributed by atoms with E-state index in [9.17, 15) is 9.50 Å². The molecule has 2 atom stereocenters. The lowest BCUT2D eigenvalue weighted by atomic mass is 10.0. The van der Waals surface area contributed by atoms with E-state index in [1.807, 2.05) is 11.8 Å². The Bertz CT molecular complexity index is 379. The van der Waals surface area contributed by atoms with Gasteiger partial charge in [-0.1, -0.05) is 32.4 Å². The largest absolute Gasteiger partial charge is 0.389 e. The number of aliphatic hydroxyl groups excluding tert-OH is 1. The smallest absolute Gasteiger partial charge is 0.146 e. The van der Waals surface area contributed by atoms with Crippen molar-refractivity contribution < 1.29 is 9.50 Å². The third-order valence-corrected chi connectivity index (χ3v) is 3.40. The van der Waals surface area contributed by atoms with Gasteiger partial charge in [-0.2, -0.15) is 0 Å². The van der Waals surface area contributed by atoms with Gasteiger partial charge in [0.2, 0.25) is 0 Å². The molecular weight excluding hydrogens is 229 g/mol. The summed E-state index contributed by atoms with van der Waals surface area (Å²) in [6.07, 6.45) is 0.413. The van der Waals surface area contributed by atoms with Crippen LogP contribution in [0.5, 0.6) is 0 Å². The third kappa shape index (κ3) is 3.45. The molecule has 0 aliphatic rings. The highest BCUT2D eigenvalue weighted by Gasteiger charge is 2.18. The van der Waals surface area contributed by atoms with E-state index in [1.165, 1.54) is 6.07 Å². The molecule has 0 aliphatic carbocycles. The van der Waals surface area contributed by atoms with Crippen LogP contribution in [0.3, 0.4) is 0 Å². The fourth-order valence-corrected chi connectivity index (χ4v) is 2.09. The van der Waals surface area contributed by atoms with Gasteiger partial charge in [0, 0.05) is 18.7 Å². The number of hydrogen-bond acceptors (Lipinski definition) is 2. The normalized spacial score (nSPS) is 14.3. The maximum absolute atomic E-state index is 14.0. The summed E-state index contributed by atoms with van der Waals surface area (Å²) in [5, 5.41) is 9.77. The minimum atomic E-state index is -0.651. The summed E-state index contributed by atoms with van der Waals surface area (Å²) < 4.78 is 14.0. The molecule has 2 nitrogen and oxygen atoms in total. The predicted molar refractivity (Wildman–Crippen MR) is 74.4 cm³/mol. The SMILES string of the molecule is CCC(C)CN(CC)c1c(F)cccc1[C@@H](C)O. The zero-order valence-corrected chi connectivity index (χ0v) is 11.8. The lowest BCUT2D eigenvalue weighted by Crippen LogP contribution is -2.30. The zero-order chi connectivity index (χ0) is 13.7. The molecule has 0 bridgehead atoms. The minimum absolute atomic E-state index is 0.251. The number of hydrogen-bond donors (Lipinski definition) is 1. The molecular formula is C15H24FNO. The maximum atomic E-state index is 14.0. The Balaban J connectivity index is 3.11. The summed E-state index contributed by atoms with van der Waals surface area (Å²) in [4.78, 5) is 2.02. The molecule has 0 aliphatic heterocycles. The minimum Gasteiger partial charge on any atom is -0.389 e. The fourth-order valence-electron chi connectivity index (χ4n) is 2.09. The quantitative estimate of drug-likeness (QED) is 0.834. The molecule has 0 heterocycles. The van der Waals surface area contributed by atoms with Crippen molar-refractivity contribution in [2.24, 2.45) is 5.92 Å². The van der Waals surface area contributed by atoms with Gasteiger partial charge in [0.25, 0.3) is 0 Å². The van der Waals surface area contributed by atoms with Crippen molar-refractivity contribution in [2.45, 2.75) is 40.2 Å². The predicted octanol–water partition coefficient (Wildman–Crippen LogP) is 3.75. The van der Waals surface area contributed by atoms with Gasteiger partial charge in [0.05, 0.1) is 11.8 Å². The van der Waals surface area contributed by atoms with Crippen molar-refractivity contribution in [2.75, 3.05) is 18.0 Å². The molecule has 0 aromatic heterocycles. The van der Waals surface area contributed by atoms with Crippen LogP contribution < -0.4 is 4.90 Å². The van der Waals surface area contributed by atoms with E-state index in [2.05, 4.69) is 13.8 Å². The Morgan fingerprint density at radius 1 is 1.28 bits per heavy atom. The van der Waals surface area contributed by atoms with Crippen LogP contribution in [0.4, 0.5) is 10.1 Å². The highest BCUT2D eigenvalue weighted by molar-refractivity contribution is 5.55. The lowest BCUT2D eigenvalue weighted by Gasteiger charge is -2.29. The molecule has 1 unspecified atom stereocenters. The molecule has 0 spiro atoms. The summed E-state index contributed by atoms with van der Waals surface area (Å²) in [7, 11) is 0. The summed E-state index contributed by atoms with van der Waals surface area (Å²) in [6, 6.07) is 4.90. The van der Waals surface area contributed by atoms with Gasteiger partial charge < -0.3 is 10.0 Å². The monoisotopic (exact) mass is 253 g/mol. The zero-order valence-electron chi connectivity index (χ0n) is 11.8. The summed E-state index contributed by atoms with van der Waals surface area (Å²) >= 11 is 0. The highest BCUT2D eigenvalue weighted by Crippen LogP contribution is 2.30. The first-order chi connectivity index (χ1) is 8.51. The van der Waals surface area contributed by atoms with Gasteiger partial charge in [-0.15, -0.1) is 0 Å². The van der Waals surface area contributed by atoms with E-state index in [4.69, 9.17) is 0 Å². The average molecular weight is 253 g/mol. The second-order valence-corrected chi connectivity index (χ2v) is 4.91. The van der Waals surface area contributed by atoms with Crippen LogP contribution in [-0.2, 0) is 0 Å². The number of halogens is 1. The molecule has 0 amide bonds. The number of aliphatic hydroxyl groups is 1. The number of nitrogens with zero attached hydrogens (tertiary/aromatic N) is 1. The summed E-state index contributed by atoms with van der Waals surface area (Å²) in [5.74, 6) is 0.255. The van der Waals surface area contributed by atoms with Crippen molar-refractivity contribution >= 4 is 5.69 Å². The molecule has 1 N–H and O–H groups in total. The van der Waals surface area contributed by atoms with Crippen molar-refractivity contribution in [3.63, 3.8) is 0 Å². The fraction of sp³-hybridized carbons (Fsp3) is 0.600. The molecule has 18 heavy (non-hydrogen) atoms. The van der Waals surface area contributed by atoms with Crippen LogP contribution >= 0.6 is 0 Å². The van der Waals surface area contributed by atoms with Crippen LogP contribution in [0.15, 0.2) is 18.2 Å². The van der Waals surface area contributed by atoms with E-state index >= 15 is 0 Å². The highest BCUT2D eigenvalue weighted by atomic mass is 19.1. The second-order valence-electron chi connectivity index (χ2n) is 4.91. The van der Waals surface area contributed by atoms with Crippen LogP contribution in [0.25, 0.3) is 0 Å². The van der Waals surface area contributed by atoms with Crippen LogP contribution in [-0.4, -0.2) is 18.2 Å². The lowest BCUT2D eigenvalue weighted by molar-refractivity contribution is 0.199. The standard InChI is InChI=1S/C15H24FNO/c1-5-11(3)10-17(6-2)15-13(12(4)18)8-7-9-14(15)16/h7-9,11-12,18H,5-6,10H2,1-4H3/t11?,12-/m1/s1. The van der Waals surface area contributed by atoms with E-state index in [0.29, 0.717) is 17.2 Å². The Morgan fingerprint density at radius 2 is 1.94 bits per heavy atom. The Hall–Kier alpha value is -1.09. The maximum Gasteiger partial charge on any atom is 0.146 e. The van der Waals surface area contributed by atoms with E-state index in [-0.39, 0.29) is 5.82 Å². The summed E-state index contributed by atoms with van der Waals surface area (Å²) in [5.41, 5.74) is 1.22. The van der Waals surface area contributed by atoms with E-state index in [1.54, 1.807) is 19.1 Å². The second kappa shape index (κ2) is 6.74. The Kier molecular flexibility index (Phi) is 5.60. The number of anilines is 1. The number of para-hydroxylation sites is 1. The van der Waals surface area contributed by atoms with Gasteiger partial charge in [0.1, 0.15) is 5.82 Å². The first-order valence-electron chi connectivity index (χ1n) is 6.72. The van der Waals surface area contributed by atoms with Gasteiger partial charge in [-0.05, 0) is 25.8 Å². The number of rotatable bonds is 6. The Labute approximate surface area is 109 Å². The molecule has 0 saturated heterocycles. The van der Waals surface area contributed by atoms with Crippen molar-refractivity contribution in [3.8, 4) is 0 Å². The molecule has 3 heteroatoms. The topological polar surface area (TPSA) is 23.5 Å². The van der Waals surface area contributed by atoms with Crippen molar-refractivity contribution in [3.05, 3.63) is 29.6 Å². The average Bonchev–Trinajstić information content (AvgIpc) is 2.35. The van der Waals surface area contributed by atoms with Crippen LogP contribution in [0.1, 0.15) is 45.8 Å². The molecule has 0 saturated carbocycles. The van der Waals surface area contributed by atoms with Crippen molar-refractivity contribution in [1.29, 1.82) is 0 Å².